The zero-order chi connectivity index (χ0) is 20.9. The van der Waals surface area contributed by atoms with Crippen molar-refractivity contribution in [3.8, 4) is 0 Å². The van der Waals surface area contributed by atoms with Gasteiger partial charge < -0.3 is 24.3 Å². The second-order valence-corrected chi connectivity index (χ2v) is 7.07. The highest BCUT2D eigenvalue weighted by molar-refractivity contribution is 5.97. The molecule has 0 bridgehead atoms. The van der Waals surface area contributed by atoms with Gasteiger partial charge in [0.1, 0.15) is 19.0 Å². The van der Waals surface area contributed by atoms with Crippen molar-refractivity contribution in [2.45, 2.75) is 13.2 Å². The van der Waals surface area contributed by atoms with Gasteiger partial charge in [0.2, 0.25) is 5.91 Å². The lowest BCUT2D eigenvalue weighted by Gasteiger charge is -2.27. The van der Waals surface area contributed by atoms with Crippen LogP contribution < -0.4 is 5.32 Å². The number of rotatable bonds is 6. The number of benzene rings is 2. The Morgan fingerprint density at radius 3 is 2.73 bits per heavy atom. The third-order valence-electron chi connectivity index (χ3n) is 5.00. The largest absolute Gasteiger partial charge is 0.378 e. The Kier molecular flexibility index (Phi) is 6.06. The molecule has 3 aromatic rings. The van der Waals surface area contributed by atoms with Crippen molar-refractivity contribution in [3.05, 3.63) is 59.9 Å². The number of methoxy groups -OCH3 is 1. The zero-order valence-electron chi connectivity index (χ0n) is 16.8. The number of imidazole rings is 1. The van der Waals surface area contributed by atoms with Crippen LogP contribution in [-0.2, 0) is 27.4 Å². The van der Waals surface area contributed by atoms with Crippen LogP contribution in [-0.4, -0.2) is 59.7 Å². The van der Waals surface area contributed by atoms with Crippen molar-refractivity contribution in [1.82, 2.24) is 14.5 Å². The zero-order valence-corrected chi connectivity index (χ0v) is 16.8. The van der Waals surface area contributed by atoms with Crippen LogP contribution >= 0.6 is 0 Å². The topological polar surface area (TPSA) is 85.7 Å². The molecule has 156 valence electrons. The molecule has 4 rings (SSSR count). The average Bonchev–Trinajstić information content (AvgIpc) is 3.11. The lowest BCUT2D eigenvalue weighted by atomic mass is 10.1. The van der Waals surface area contributed by atoms with Crippen LogP contribution in [0.5, 0.6) is 0 Å². The number of ether oxygens (including phenoxy) is 2. The van der Waals surface area contributed by atoms with E-state index in [1.165, 1.54) is 0 Å². The maximum absolute atomic E-state index is 12.8. The van der Waals surface area contributed by atoms with Gasteiger partial charge in [-0.1, -0.05) is 18.2 Å². The van der Waals surface area contributed by atoms with Crippen LogP contribution in [0.4, 0.5) is 5.69 Å². The SMILES string of the molecule is COCc1nc2ccccc2n1CC(=O)Nc1cccc(C(=O)N2CCOCC2)c1. The van der Waals surface area contributed by atoms with Gasteiger partial charge in [0.05, 0.1) is 24.2 Å². The predicted octanol–water partition coefficient (Wildman–Crippen LogP) is 2.29. The Hall–Kier alpha value is -3.23. The molecule has 8 nitrogen and oxygen atoms in total. The quantitative estimate of drug-likeness (QED) is 0.676. The molecule has 8 heteroatoms. The summed E-state index contributed by atoms with van der Waals surface area (Å²) >= 11 is 0. The fourth-order valence-electron chi connectivity index (χ4n) is 3.56. The maximum Gasteiger partial charge on any atom is 0.254 e. The van der Waals surface area contributed by atoms with Gasteiger partial charge in [-0.3, -0.25) is 9.59 Å². The number of fused-ring (bicyclic) bond motifs is 1. The molecular weight excluding hydrogens is 384 g/mol. The molecule has 0 atom stereocenters. The number of amides is 2. The molecule has 0 radical (unpaired) electrons. The second kappa shape index (κ2) is 9.06. The summed E-state index contributed by atoms with van der Waals surface area (Å²) in [5.74, 6) is 0.425. The minimum atomic E-state index is -0.202. The molecule has 1 aliphatic heterocycles. The minimum Gasteiger partial charge on any atom is -0.378 e. The van der Waals surface area contributed by atoms with Crippen molar-refractivity contribution in [3.63, 3.8) is 0 Å². The molecule has 0 aliphatic carbocycles. The van der Waals surface area contributed by atoms with Crippen LogP contribution in [0.3, 0.4) is 0 Å². The van der Waals surface area contributed by atoms with Gasteiger partial charge >= 0.3 is 0 Å². The number of anilines is 1. The Balaban J connectivity index is 1.49. The first kappa shape index (κ1) is 20.1. The number of carbonyl (C=O) groups excluding carboxylic acids is 2. The normalized spacial score (nSPS) is 14.1. The van der Waals surface area contributed by atoms with Gasteiger partial charge in [-0.15, -0.1) is 0 Å². The molecule has 1 aliphatic rings. The molecule has 0 saturated carbocycles. The van der Waals surface area contributed by atoms with Crippen LogP contribution in [0.1, 0.15) is 16.2 Å². The van der Waals surface area contributed by atoms with Crippen molar-refractivity contribution in [2.75, 3.05) is 38.7 Å². The smallest absolute Gasteiger partial charge is 0.254 e. The van der Waals surface area contributed by atoms with E-state index in [1.807, 2.05) is 28.8 Å². The summed E-state index contributed by atoms with van der Waals surface area (Å²) in [6.45, 7) is 2.65. The van der Waals surface area contributed by atoms with Gasteiger partial charge in [0.15, 0.2) is 0 Å². The molecule has 0 unspecified atom stereocenters. The van der Waals surface area contributed by atoms with Crippen LogP contribution in [0.15, 0.2) is 48.5 Å². The van der Waals surface area contributed by atoms with Gasteiger partial charge in [-0.05, 0) is 30.3 Å². The van der Waals surface area contributed by atoms with Gasteiger partial charge in [0, 0.05) is 31.5 Å². The Labute approximate surface area is 174 Å². The summed E-state index contributed by atoms with van der Waals surface area (Å²) in [6.07, 6.45) is 0. The summed E-state index contributed by atoms with van der Waals surface area (Å²) in [5, 5.41) is 2.89. The van der Waals surface area contributed by atoms with Crippen molar-refractivity contribution >= 4 is 28.5 Å². The molecular formula is C22H24N4O4. The lowest BCUT2D eigenvalue weighted by Crippen LogP contribution is -2.40. The van der Waals surface area contributed by atoms with Crippen molar-refractivity contribution < 1.29 is 19.1 Å². The fourth-order valence-corrected chi connectivity index (χ4v) is 3.56. The van der Waals surface area contributed by atoms with E-state index < -0.39 is 0 Å². The van der Waals surface area contributed by atoms with E-state index in [2.05, 4.69) is 10.3 Å². The number of nitrogens with one attached hydrogen (secondary N) is 1. The molecule has 1 aromatic heterocycles. The van der Waals surface area contributed by atoms with Crippen molar-refractivity contribution in [2.24, 2.45) is 0 Å². The standard InChI is InChI=1S/C22H24N4O4/c1-29-15-20-24-18-7-2-3-8-19(18)26(20)14-21(27)23-17-6-4-5-16(13-17)22(28)25-9-11-30-12-10-25/h2-8,13H,9-12,14-15H2,1H3,(H,23,27). The lowest BCUT2D eigenvalue weighted by molar-refractivity contribution is -0.116. The van der Waals surface area contributed by atoms with E-state index in [9.17, 15) is 9.59 Å². The van der Waals surface area contributed by atoms with Crippen LogP contribution in [0, 0.1) is 0 Å². The number of nitrogens with zero attached hydrogens (tertiary/aromatic N) is 3. The van der Waals surface area contributed by atoms with E-state index in [0.717, 1.165) is 11.0 Å². The van der Waals surface area contributed by atoms with E-state index in [1.54, 1.807) is 36.3 Å². The highest BCUT2D eigenvalue weighted by Crippen LogP contribution is 2.18. The highest BCUT2D eigenvalue weighted by atomic mass is 16.5. The number of hydrogen-bond acceptors (Lipinski definition) is 5. The van der Waals surface area contributed by atoms with E-state index in [-0.39, 0.29) is 18.4 Å². The number of morpholine rings is 1. The fraction of sp³-hybridized carbons (Fsp3) is 0.318. The molecule has 2 heterocycles. The Morgan fingerprint density at radius 2 is 1.93 bits per heavy atom. The van der Waals surface area contributed by atoms with Crippen LogP contribution in [0.25, 0.3) is 11.0 Å². The summed E-state index contributed by atoms with van der Waals surface area (Å²) in [6, 6.07) is 14.7. The average molecular weight is 408 g/mol. The maximum atomic E-state index is 12.8. The summed E-state index contributed by atoms with van der Waals surface area (Å²) in [7, 11) is 1.60. The number of carbonyl (C=O) groups is 2. The molecule has 30 heavy (non-hydrogen) atoms. The number of hydrogen-bond donors (Lipinski definition) is 1. The predicted molar refractivity (Wildman–Crippen MR) is 112 cm³/mol. The molecule has 1 fully saturated rings. The van der Waals surface area contributed by atoms with E-state index in [0.29, 0.717) is 50.0 Å². The molecule has 0 spiro atoms. The third kappa shape index (κ3) is 4.34. The summed E-state index contributed by atoms with van der Waals surface area (Å²) in [5.41, 5.74) is 2.81. The third-order valence-corrected chi connectivity index (χ3v) is 5.00. The molecule has 2 amide bonds. The van der Waals surface area contributed by atoms with E-state index >= 15 is 0 Å². The first-order chi connectivity index (χ1) is 14.7. The molecule has 2 aromatic carbocycles. The molecule has 1 N–H and O–H groups in total. The Morgan fingerprint density at radius 1 is 1.13 bits per heavy atom. The summed E-state index contributed by atoms with van der Waals surface area (Å²) < 4.78 is 12.4. The highest BCUT2D eigenvalue weighted by Gasteiger charge is 2.19. The van der Waals surface area contributed by atoms with Crippen molar-refractivity contribution in [1.29, 1.82) is 0 Å². The second-order valence-electron chi connectivity index (χ2n) is 7.07. The monoisotopic (exact) mass is 408 g/mol. The first-order valence-corrected chi connectivity index (χ1v) is 9.86. The van der Waals surface area contributed by atoms with Gasteiger partial charge in [0.25, 0.3) is 5.91 Å². The number of para-hydroxylation sites is 2. The molecule has 1 saturated heterocycles. The van der Waals surface area contributed by atoms with Gasteiger partial charge in [-0.25, -0.2) is 4.98 Å². The summed E-state index contributed by atoms with van der Waals surface area (Å²) in [4.78, 5) is 31.8. The van der Waals surface area contributed by atoms with Gasteiger partial charge in [-0.2, -0.15) is 0 Å². The van der Waals surface area contributed by atoms with Crippen LogP contribution in [0.2, 0.25) is 0 Å². The van der Waals surface area contributed by atoms with E-state index in [4.69, 9.17) is 9.47 Å². The Bertz CT molecular complexity index is 1060. The number of aromatic nitrogens is 2. The first-order valence-electron chi connectivity index (χ1n) is 9.86. The minimum absolute atomic E-state index is 0.0580.